The molecule has 0 aliphatic rings. The number of hydrogen-bond donors (Lipinski definition) is 2. The average Bonchev–Trinajstić information content (AvgIpc) is 3.00. The predicted molar refractivity (Wildman–Crippen MR) is 100.0 cm³/mol. The van der Waals surface area contributed by atoms with E-state index >= 15 is 0 Å². The number of benzene rings is 2. The first kappa shape index (κ1) is 17.5. The lowest BCUT2D eigenvalue weighted by atomic mass is 10.2. The molecule has 0 atom stereocenters. The number of hydrogen-bond acceptors (Lipinski definition) is 5. The van der Waals surface area contributed by atoms with Crippen LogP contribution in [0, 0.1) is 5.41 Å². The molecule has 7 nitrogen and oxygen atoms in total. The third-order valence-corrected chi connectivity index (χ3v) is 3.80. The van der Waals surface area contributed by atoms with Gasteiger partial charge in [0.1, 0.15) is 5.75 Å². The Labute approximate surface area is 151 Å². The van der Waals surface area contributed by atoms with Crippen LogP contribution in [-0.2, 0) is 11.2 Å². The van der Waals surface area contributed by atoms with Gasteiger partial charge >= 0.3 is 12.1 Å². The summed E-state index contributed by atoms with van der Waals surface area (Å²) in [5, 5.41) is 10.9. The quantitative estimate of drug-likeness (QED) is 0.548. The Morgan fingerprint density at radius 3 is 2.58 bits per heavy atom. The Hall–Kier alpha value is -3.35. The van der Waals surface area contributed by atoms with Crippen molar-refractivity contribution in [2.75, 3.05) is 11.9 Å². The minimum atomic E-state index is -0.635. The molecule has 3 aromatic rings. The number of nitrogens with one attached hydrogen (secondary N) is 2. The highest BCUT2D eigenvalue weighted by Gasteiger charge is 2.18. The molecule has 134 valence electrons. The number of imidazole rings is 1. The van der Waals surface area contributed by atoms with Crippen LogP contribution in [0.15, 0.2) is 48.5 Å². The van der Waals surface area contributed by atoms with Crippen molar-refractivity contribution in [1.29, 1.82) is 5.41 Å². The molecular weight excluding hydrogens is 332 g/mol. The number of carbonyl (C=O) groups excluding carboxylic acids is 1. The third-order valence-electron chi connectivity index (χ3n) is 3.80. The summed E-state index contributed by atoms with van der Waals surface area (Å²) >= 11 is 0. The maximum Gasteiger partial charge on any atom is 0.413 e. The molecule has 0 radical (unpaired) electrons. The smallest absolute Gasteiger partial charge is 0.413 e. The Morgan fingerprint density at radius 2 is 1.88 bits per heavy atom. The van der Waals surface area contributed by atoms with Gasteiger partial charge in [0.2, 0.25) is 5.95 Å². The molecule has 0 saturated carbocycles. The van der Waals surface area contributed by atoms with E-state index in [1.54, 1.807) is 19.1 Å². The van der Waals surface area contributed by atoms with Crippen molar-refractivity contribution in [3.8, 4) is 5.75 Å². The number of nitrogens with zero attached hydrogens (tertiary/aromatic N) is 2. The SMILES string of the molecule is CCOC(=O)Nc1nc2ccccc2n1C(=N)Oc1ccc(CC)cc1. The second kappa shape index (κ2) is 7.69. The summed E-state index contributed by atoms with van der Waals surface area (Å²) in [6, 6.07) is 14.6. The van der Waals surface area contributed by atoms with Crippen LogP contribution < -0.4 is 10.1 Å². The highest BCUT2D eigenvalue weighted by molar-refractivity contribution is 5.95. The van der Waals surface area contributed by atoms with Gasteiger partial charge in [0.05, 0.1) is 17.6 Å². The van der Waals surface area contributed by atoms with Crippen LogP contribution in [0.4, 0.5) is 10.7 Å². The van der Waals surface area contributed by atoms with E-state index < -0.39 is 6.09 Å². The van der Waals surface area contributed by atoms with Gasteiger partial charge in [-0.25, -0.2) is 14.3 Å². The van der Waals surface area contributed by atoms with Crippen LogP contribution in [0.25, 0.3) is 11.0 Å². The maximum absolute atomic E-state index is 11.8. The Morgan fingerprint density at radius 1 is 1.15 bits per heavy atom. The zero-order valence-corrected chi connectivity index (χ0v) is 14.7. The molecule has 0 unspecified atom stereocenters. The topological polar surface area (TPSA) is 89.2 Å². The Bertz CT molecular complexity index is 932. The van der Waals surface area contributed by atoms with E-state index in [1.807, 2.05) is 36.4 Å². The van der Waals surface area contributed by atoms with Gasteiger partial charge in [-0.05, 0) is 43.2 Å². The molecule has 0 fully saturated rings. The number of rotatable bonds is 4. The van der Waals surface area contributed by atoms with E-state index in [2.05, 4.69) is 17.2 Å². The first-order valence-corrected chi connectivity index (χ1v) is 8.39. The van der Waals surface area contributed by atoms with Gasteiger partial charge in [-0.1, -0.05) is 31.2 Å². The zero-order chi connectivity index (χ0) is 18.5. The zero-order valence-electron chi connectivity index (χ0n) is 14.7. The minimum absolute atomic E-state index is 0.167. The number of para-hydroxylation sites is 2. The Balaban J connectivity index is 1.93. The minimum Gasteiger partial charge on any atom is -0.450 e. The number of ether oxygens (including phenoxy) is 2. The summed E-state index contributed by atoms with van der Waals surface area (Å²) < 4.78 is 12.0. The molecule has 0 aliphatic heterocycles. The van der Waals surface area contributed by atoms with Crippen molar-refractivity contribution in [2.45, 2.75) is 20.3 Å². The number of aryl methyl sites for hydroxylation is 1. The first-order valence-electron chi connectivity index (χ1n) is 8.39. The molecule has 2 aromatic carbocycles. The second-order valence-corrected chi connectivity index (χ2v) is 5.51. The molecule has 26 heavy (non-hydrogen) atoms. The van der Waals surface area contributed by atoms with Crippen LogP contribution in [0.2, 0.25) is 0 Å². The van der Waals surface area contributed by atoms with E-state index in [1.165, 1.54) is 10.1 Å². The molecule has 7 heteroatoms. The third kappa shape index (κ3) is 3.66. The second-order valence-electron chi connectivity index (χ2n) is 5.51. The van der Waals surface area contributed by atoms with Crippen molar-refractivity contribution < 1.29 is 14.3 Å². The number of carbonyl (C=O) groups is 1. The first-order chi connectivity index (χ1) is 12.6. The lowest BCUT2D eigenvalue weighted by molar-refractivity contribution is 0.167. The highest BCUT2D eigenvalue weighted by Crippen LogP contribution is 2.21. The van der Waals surface area contributed by atoms with Gasteiger partial charge in [0.15, 0.2) is 0 Å². The number of fused-ring (bicyclic) bond motifs is 1. The lowest BCUT2D eigenvalue weighted by Crippen LogP contribution is -2.23. The Kier molecular flexibility index (Phi) is 5.17. The summed E-state index contributed by atoms with van der Waals surface area (Å²) in [5.41, 5.74) is 2.46. The molecule has 1 aromatic heterocycles. The fourth-order valence-electron chi connectivity index (χ4n) is 2.52. The van der Waals surface area contributed by atoms with Crippen molar-refractivity contribution in [3.05, 3.63) is 54.1 Å². The van der Waals surface area contributed by atoms with Gasteiger partial charge in [-0.2, -0.15) is 0 Å². The summed E-state index contributed by atoms with van der Waals surface area (Å²) in [4.78, 5) is 16.2. The van der Waals surface area contributed by atoms with E-state index in [0.717, 1.165) is 6.42 Å². The molecule has 0 bridgehead atoms. The van der Waals surface area contributed by atoms with Gasteiger partial charge in [-0.15, -0.1) is 0 Å². The maximum atomic E-state index is 11.8. The lowest BCUT2D eigenvalue weighted by Gasteiger charge is -2.12. The number of anilines is 1. The molecular formula is C19H20N4O3. The normalized spacial score (nSPS) is 10.5. The summed E-state index contributed by atoms with van der Waals surface area (Å²) in [7, 11) is 0. The standard InChI is InChI=1S/C19H20N4O3/c1-3-13-9-11-14(12-10-13)26-17(20)23-16-8-6-5-7-15(16)21-18(23)22-19(24)25-4-2/h5-12,20H,3-4H2,1-2H3,(H,21,22,24). The van der Waals surface area contributed by atoms with Crippen LogP contribution in [0.5, 0.6) is 5.75 Å². The molecule has 0 saturated heterocycles. The van der Waals surface area contributed by atoms with Gasteiger partial charge in [0.25, 0.3) is 0 Å². The predicted octanol–water partition coefficient (Wildman–Crippen LogP) is 4.03. The van der Waals surface area contributed by atoms with Crippen LogP contribution in [0.1, 0.15) is 19.4 Å². The number of aromatic nitrogens is 2. The van der Waals surface area contributed by atoms with E-state index in [-0.39, 0.29) is 18.6 Å². The molecule has 3 rings (SSSR count). The molecule has 1 amide bonds. The van der Waals surface area contributed by atoms with Crippen molar-refractivity contribution in [3.63, 3.8) is 0 Å². The van der Waals surface area contributed by atoms with Crippen LogP contribution in [0.3, 0.4) is 0 Å². The van der Waals surface area contributed by atoms with Gasteiger partial charge in [-0.3, -0.25) is 10.7 Å². The molecule has 2 N–H and O–H groups in total. The summed E-state index contributed by atoms with van der Waals surface area (Å²) in [5.74, 6) is 0.701. The monoisotopic (exact) mass is 352 g/mol. The largest absolute Gasteiger partial charge is 0.450 e. The van der Waals surface area contributed by atoms with E-state index in [0.29, 0.717) is 16.8 Å². The van der Waals surface area contributed by atoms with Crippen molar-refractivity contribution in [1.82, 2.24) is 9.55 Å². The fourth-order valence-corrected chi connectivity index (χ4v) is 2.52. The van der Waals surface area contributed by atoms with E-state index in [9.17, 15) is 4.79 Å². The van der Waals surface area contributed by atoms with Crippen LogP contribution in [-0.4, -0.2) is 28.3 Å². The van der Waals surface area contributed by atoms with E-state index in [4.69, 9.17) is 14.9 Å². The van der Waals surface area contributed by atoms with Crippen molar-refractivity contribution >= 4 is 29.1 Å². The highest BCUT2D eigenvalue weighted by atomic mass is 16.5. The summed E-state index contributed by atoms with van der Waals surface area (Å²) in [6.07, 6.45) is 0.293. The number of amides is 1. The van der Waals surface area contributed by atoms with Gasteiger partial charge in [0, 0.05) is 0 Å². The summed E-state index contributed by atoms with van der Waals surface area (Å²) in [6.45, 7) is 4.03. The molecule has 0 aliphatic carbocycles. The van der Waals surface area contributed by atoms with Crippen LogP contribution >= 0.6 is 0 Å². The van der Waals surface area contributed by atoms with Gasteiger partial charge < -0.3 is 9.47 Å². The molecule has 0 spiro atoms. The fraction of sp³-hybridized carbons (Fsp3) is 0.211. The average molecular weight is 352 g/mol. The molecule has 1 heterocycles. The van der Waals surface area contributed by atoms with Crippen molar-refractivity contribution in [2.24, 2.45) is 0 Å².